The van der Waals surface area contributed by atoms with Crippen molar-refractivity contribution in [3.8, 4) is 11.4 Å². The van der Waals surface area contributed by atoms with E-state index < -0.39 is 0 Å². The summed E-state index contributed by atoms with van der Waals surface area (Å²) in [5.41, 5.74) is 1.08. The summed E-state index contributed by atoms with van der Waals surface area (Å²) < 4.78 is 3.09. The minimum absolute atomic E-state index is 0.807. The topological polar surface area (TPSA) is 30.7 Å². The largest absolute Gasteiger partial charge is 0.252 e. The van der Waals surface area contributed by atoms with Crippen molar-refractivity contribution in [1.29, 1.82) is 0 Å². The monoisotopic (exact) mass is 313 g/mol. The minimum Gasteiger partial charge on any atom is -0.252 e. The van der Waals surface area contributed by atoms with E-state index >= 15 is 0 Å². The molecule has 0 aliphatic rings. The molecule has 0 saturated carbocycles. The molecule has 0 N–H and O–H groups in total. The van der Waals surface area contributed by atoms with Gasteiger partial charge in [0.05, 0.1) is 0 Å². The van der Waals surface area contributed by atoms with Crippen LogP contribution in [-0.2, 0) is 6.54 Å². The molecule has 3 nitrogen and oxygen atoms in total. The van der Waals surface area contributed by atoms with Gasteiger partial charge in [-0.1, -0.05) is 19.1 Å². The van der Waals surface area contributed by atoms with Crippen LogP contribution in [0.5, 0.6) is 0 Å². The smallest absolute Gasteiger partial charge is 0.181 e. The van der Waals surface area contributed by atoms with Crippen molar-refractivity contribution in [1.82, 2.24) is 14.8 Å². The highest BCUT2D eigenvalue weighted by atomic mass is 127. The number of halogens is 1. The lowest BCUT2D eigenvalue weighted by molar-refractivity contribution is 0.602. The molecule has 0 radical (unpaired) electrons. The van der Waals surface area contributed by atoms with Gasteiger partial charge in [-0.25, -0.2) is 4.98 Å². The molecule has 0 atom stereocenters. The molecule has 1 aromatic heterocycles. The van der Waals surface area contributed by atoms with Gasteiger partial charge in [-0.2, -0.15) is 5.10 Å². The maximum absolute atomic E-state index is 4.41. The fraction of sp³-hybridized carbons (Fsp3) is 0.273. The molecule has 0 aliphatic heterocycles. The molecule has 15 heavy (non-hydrogen) atoms. The van der Waals surface area contributed by atoms with Crippen LogP contribution in [-0.4, -0.2) is 14.8 Å². The minimum atomic E-state index is 0.807. The third-order valence-electron chi connectivity index (χ3n) is 2.07. The summed E-state index contributed by atoms with van der Waals surface area (Å²) >= 11 is 2.29. The van der Waals surface area contributed by atoms with Gasteiger partial charge in [-0.15, -0.1) is 0 Å². The van der Waals surface area contributed by atoms with Gasteiger partial charge in [0.2, 0.25) is 0 Å². The maximum Gasteiger partial charge on any atom is 0.181 e. The van der Waals surface area contributed by atoms with Gasteiger partial charge in [0.1, 0.15) is 6.33 Å². The molecule has 4 heteroatoms. The Hall–Kier alpha value is -0.910. The molecule has 0 aliphatic carbocycles. The molecular weight excluding hydrogens is 301 g/mol. The predicted molar refractivity (Wildman–Crippen MR) is 68.5 cm³/mol. The van der Waals surface area contributed by atoms with Crippen molar-refractivity contribution in [3.05, 3.63) is 34.2 Å². The van der Waals surface area contributed by atoms with Gasteiger partial charge < -0.3 is 0 Å². The Balaban J connectivity index is 2.29. The van der Waals surface area contributed by atoms with E-state index in [0.717, 1.165) is 24.4 Å². The first-order valence-electron chi connectivity index (χ1n) is 4.95. The summed E-state index contributed by atoms with van der Waals surface area (Å²) in [5.74, 6) is 0.807. The van der Waals surface area contributed by atoms with Crippen molar-refractivity contribution in [2.75, 3.05) is 0 Å². The van der Waals surface area contributed by atoms with Gasteiger partial charge >= 0.3 is 0 Å². The highest BCUT2D eigenvalue weighted by molar-refractivity contribution is 14.1. The van der Waals surface area contributed by atoms with Crippen molar-refractivity contribution in [2.24, 2.45) is 0 Å². The molecule has 0 bridgehead atoms. The first kappa shape index (κ1) is 10.6. The van der Waals surface area contributed by atoms with E-state index in [9.17, 15) is 0 Å². The van der Waals surface area contributed by atoms with E-state index in [1.54, 1.807) is 6.33 Å². The number of nitrogens with zero attached hydrogens (tertiary/aromatic N) is 3. The molecule has 0 fully saturated rings. The van der Waals surface area contributed by atoms with E-state index in [1.807, 2.05) is 16.8 Å². The zero-order valence-electron chi connectivity index (χ0n) is 8.52. The van der Waals surface area contributed by atoms with E-state index in [2.05, 4.69) is 51.7 Å². The van der Waals surface area contributed by atoms with Gasteiger partial charge in [0.25, 0.3) is 0 Å². The fourth-order valence-electron chi connectivity index (χ4n) is 1.39. The summed E-state index contributed by atoms with van der Waals surface area (Å²) in [5, 5.41) is 4.41. The van der Waals surface area contributed by atoms with Crippen LogP contribution in [0, 0.1) is 3.57 Å². The van der Waals surface area contributed by atoms with Crippen LogP contribution < -0.4 is 0 Å². The normalized spacial score (nSPS) is 10.5. The van der Waals surface area contributed by atoms with Crippen molar-refractivity contribution >= 4 is 22.6 Å². The van der Waals surface area contributed by atoms with E-state index in [4.69, 9.17) is 0 Å². The molecule has 1 heterocycles. The zero-order chi connectivity index (χ0) is 10.7. The Bertz CT molecular complexity index is 451. The average molecular weight is 313 g/mol. The number of hydrogen-bond acceptors (Lipinski definition) is 2. The SMILES string of the molecule is CCCn1cnc(-c2cccc(I)c2)n1. The van der Waals surface area contributed by atoms with Crippen LogP contribution in [0.25, 0.3) is 11.4 Å². The zero-order valence-corrected chi connectivity index (χ0v) is 10.7. The lowest BCUT2D eigenvalue weighted by atomic mass is 10.2. The summed E-state index contributed by atoms with van der Waals surface area (Å²) in [6, 6.07) is 8.21. The van der Waals surface area contributed by atoms with Crippen LogP contribution >= 0.6 is 22.6 Å². The molecule has 2 aromatic rings. The molecular formula is C11H12IN3. The van der Waals surface area contributed by atoms with Crippen molar-refractivity contribution in [3.63, 3.8) is 0 Å². The highest BCUT2D eigenvalue weighted by Gasteiger charge is 2.03. The Morgan fingerprint density at radius 3 is 3.00 bits per heavy atom. The van der Waals surface area contributed by atoms with E-state index in [1.165, 1.54) is 3.57 Å². The Morgan fingerprint density at radius 1 is 1.40 bits per heavy atom. The third kappa shape index (κ3) is 2.56. The van der Waals surface area contributed by atoms with Crippen LogP contribution in [0.15, 0.2) is 30.6 Å². The summed E-state index contributed by atoms with van der Waals surface area (Å²) in [6.07, 6.45) is 2.87. The van der Waals surface area contributed by atoms with Gasteiger partial charge in [0, 0.05) is 15.7 Å². The second-order valence-corrected chi connectivity index (χ2v) is 4.59. The van der Waals surface area contributed by atoms with Gasteiger partial charge in [-0.05, 0) is 41.1 Å². The molecule has 1 aromatic carbocycles. The summed E-state index contributed by atoms with van der Waals surface area (Å²) in [4.78, 5) is 4.29. The van der Waals surface area contributed by atoms with Crippen molar-refractivity contribution < 1.29 is 0 Å². The second kappa shape index (κ2) is 4.74. The van der Waals surface area contributed by atoms with Gasteiger partial charge in [-0.3, -0.25) is 4.68 Å². The van der Waals surface area contributed by atoms with Crippen LogP contribution in [0.2, 0.25) is 0 Å². The standard InChI is InChI=1S/C11H12IN3/c1-2-6-15-8-13-11(14-15)9-4-3-5-10(12)7-9/h3-5,7-8H,2,6H2,1H3. The van der Waals surface area contributed by atoms with Crippen LogP contribution in [0.4, 0.5) is 0 Å². The second-order valence-electron chi connectivity index (χ2n) is 3.34. The lowest BCUT2D eigenvalue weighted by Gasteiger charge is -1.96. The van der Waals surface area contributed by atoms with Crippen molar-refractivity contribution in [2.45, 2.75) is 19.9 Å². The molecule has 0 spiro atoms. The fourth-order valence-corrected chi connectivity index (χ4v) is 1.93. The lowest BCUT2D eigenvalue weighted by Crippen LogP contribution is -1.96. The quantitative estimate of drug-likeness (QED) is 0.816. The van der Waals surface area contributed by atoms with Crippen LogP contribution in [0.1, 0.15) is 13.3 Å². The molecule has 78 valence electrons. The molecule has 0 saturated heterocycles. The first-order chi connectivity index (χ1) is 7.29. The molecule has 2 rings (SSSR count). The number of rotatable bonds is 3. The predicted octanol–water partition coefficient (Wildman–Crippen LogP) is 2.96. The van der Waals surface area contributed by atoms with E-state index in [-0.39, 0.29) is 0 Å². The Morgan fingerprint density at radius 2 is 2.27 bits per heavy atom. The number of aryl methyl sites for hydroxylation is 1. The first-order valence-corrected chi connectivity index (χ1v) is 6.03. The summed E-state index contributed by atoms with van der Waals surface area (Å²) in [7, 11) is 0. The van der Waals surface area contributed by atoms with Crippen LogP contribution in [0.3, 0.4) is 0 Å². The molecule has 0 amide bonds. The molecule has 0 unspecified atom stereocenters. The average Bonchev–Trinajstić information content (AvgIpc) is 2.67. The number of benzene rings is 1. The Labute approximate surface area is 103 Å². The number of hydrogen-bond donors (Lipinski definition) is 0. The van der Waals surface area contributed by atoms with E-state index in [0.29, 0.717) is 0 Å². The maximum atomic E-state index is 4.41. The highest BCUT2D eigenvalue weighted by Crippen LogP contribution is 2.16. The van der Waals surface area contributed by atoms with Gasteiger partial charge in [0.15, 0.2) is 5.82 Å². The third-order valence-corrected chi connectivity index (χ3v) is 2.74. The summed E-state index contributed by atoms with van der Waals surface area (Å²) in [6.45, 7) is 3.06. The number of aromatic nitrogens is 3. The Kier molecular flexibility index (Phi) is 3.35.